The van der Waals surface area contributed by atoms with E-state index in [1.165, 1.54) is 25.6 Å². The van der Waals surface area contributed by atoms with Crippen molar-refractivity contribution in [1.29, 1.82) is 5.26 Å². The van der Waals surface area contributed by atoms with Crippen molar-refractivity contribution in [1.82, 2.24) is 14.6 Å². The Bertz CT molecular complexity index is 1180. The van der Waals surface area contributed by atoms with Gasteiger partial charge in [-0.2, -0.15) is 10.4 Å². The number of ether oxygens (including phenoxy) is 5. The smallest absolute Gasteiger partial charge is 0.431 e. The number of nitriles is 1. The van der Waals surface area contributed by atoms with Crippen LogP contribution in [0.4, 0.5) is 10.6 Å². The lowest BCUT2D eigenvalue weighted by atomic mass is 9.55. The molecular formula is C23H27N5O6. The van der Waals surface area contributed by atoms with Crippen LogP contribution in [0.3, 0.4) is 0 Å². The van der Waals surface area contributed by atoms with E-state index in [-0.39, 0.29) is 12.7 Å². The minimum Gasteiger partial charge on any atom is -0.431 e. The first-order chi connectivity index (χ1) is 16.2. The van der Waals surface area contributed by atoms with Gasteiger partial charge in [-0.25, -0.2) is 14.3 Å². The molecule has 0 aromatic carbocycles. The van der Waals surface area contributed by atoms with Crippen LogP contribution in [0.25, 0.3) is 5.52 Å². The fourth-order valence-electron chi connectivity index (χ4n) is 5.80. The number of hydrogen-bond acceptors (Lipinski definition) is 10. The highest BCUT2D eigenvalue weighted by molar-refractivity contribution is 5.65. The summed E-state index contributed by atoms with van der Waals surface area (Å²) in [6.45, 7) is 3.18. The predicted octanol–water partition coefficient (Wildman–Crippen LogP) is 2.65. The van der Waals surface area contributed by atoms with Gasteiger partial charge in [0.1, 0.15) is 48.9 Å². The standard InChI is InChI=1S/C23H27N5O6/c1-21(2)32-17-16(14-4-5-15-19(25)26-12-27-28(14)15)33-23(10-24,18(17)34-21)11-30-20(29)31-13-8-22(9-13)6-3-7-22/h4-5,12-13,16-18H,3,6-9,11H2,1-2H3,(H2,25,26,27)/t16-,17-,18-,23+/m0/s1. The second-order valence-electron chi connectivity index (χ2n) is 10.3. The fraction of sp³-hybridized carbons (Fsp3) is 0.652. The van der Waals surface area contributed by atoms with E-state index in [9.17, 15) is 10.1 Å². The van der Waals surface area contributed by atoms with Crippen molar-refractivity contribution < 1.29 is 28.5 Å². The molecule has 2 aliphatic heterocycles. The van der Waals surface area contributed by atoms with E-state index in [1.807, 2.05) is 0 Å². The molecule has 0 radical (unpaired) electrons. The molecule has 4 aliphatic rings. The van der Waals surface area contributed by atoms with E-state index in [4.69, 9.17) is 29.4 Å². The monoisotopic (exact) mass is 469 g/mol. The molecule has 0 unspecified atom stereocenters. The van der Waals surface area contributed by atoms with Crippen molar-refractivity contribution in [3.63, 3.8) is 0 Å². The average Bonchev–Trinajstić information content (AvgIpc) is 3.38. The highest BCUT2D eigenvalue weighted by Gasteiger charge is 2.65. The van der Waals surface area contributed by atoms with Crippen molar-refractivity contribution in [3.05, 3.63) is 24.2 Å². The van der Waals surface area contributed by atoms with Gasteiger partial charge in [-0.3, -0.25) is 0 Å². The number of nitrogens with two attached hydrogens (primary N) is 1. The Morgan fingerprint density at radius 2 is 2.09 bits per heavy atom. The number of nitrogen functional groups attached to an aromatic ring is 1. The Labute approximate surface area is 196 Å². The summed E-state index contributed by atoms with van der Waals surface area (Å²) in [5.74, 6) is -0.638. The van der Waals surface area contributed by atoms with Crippen LogP contribution in [0, 0.1) is 16.7 Å². The summed E-state index contributed by atoms with van der Waals surface area (Å²) in [6.07, 6.45) is 3.70. The number of carbonyl (C=O) groups is 1. The molecule has 2 aromatic heterocycles. The Morgan fingerprint density at radius 3 is 2.79 bits per heavy atom. The van der Waals surface area contributed by atoms with Crippen LogP contribution in [-0.4, -0.2) is 57.1 Å². The first-order valence-electron chi connectivity index (χ1n) is 11.6. The summed E-state index contributed by atoms with van der Waals surface area (Å²) in [6, 6.07) is 5.75. The number of rotatable bonds is 4. The lowest BCUT2D eigenvalue weighted by Crippen LogP contribution is -2.49. The van der Waals surface area contributed by atoms with Crippen LogP contribution < -0.4 is 5.73 Å². The quantitative estimate of drug-likeness (QED) is 0.664. The van der Waals surface area contributed by atoms with Gasteiger partial charge in [-0.1, -0.05) is 6.42 Å². The summed E-state index contributed by atoms with van der Waals surface area (Å²) < 4.78 is 30.9. The molecular weight excluding hydrogens is 442 g/mol. The molecule has 0 amide bonds. The number of carbonyl (C=O) groups excluding carboxylic acids is 1. The maximum absolute atomic E-state index is 12.4. The van der Waals surface area contributed by atoms with Crippen LogP contribution in [-0.2, 0) is 23.7 Å². The highest BCUT2D eigenvalue weighted by atomic mass is 16.8. The maximum atomic E-state index is 12.4. The van der Waals surface area contributed by atoms with E-state index in [2.05, 4.69) is 16.2 Å². The molecule has 1 spiro atoms. The largest absolute Gasteiger partial charge is 0.508 e. The molecule has 180 valence electrons. The first-order valence-corrected chi connectivity index (χ1v) is 11.6. The van der Waals surface area contributed by atoms with Gasteiger partial charge in [-0.05, 0) is 57.1 Å². The van der Waals surface area contributed by atoms with E-state index in [0.717, 1.165) is 12.8 Å². The molecule has 2 N–H and O–H groups in total. The Balaban J connectivity index is 1.22. The van der Waals surface area contributed by atoms with Crippen LogP contribution in [0.2, 0.25) is 0 Å². The normalized spacial score (nSPS) is 33.1. The van der Waals surface area contributed by atoms with Crippen LogP contribution >= 0.6 is 0 Å². The van der Waals surface area contributed by atoms with Crippen molar-refractivity contribution in [2.24, 2.45) is 5.41 Å². The van der Waals surface area contributed by atoms with Gasteiger partial charge in [0.05, 0.1) is 5.69 Å². The van der Waals surface area contributed by atoms with Crippen molar-refractivity contribution in [2.75, 3.05) is 12.3 Å². The van der Waals surface area contributed by atoms with Crippen LogP contribution in [0.15, 0.2) is 18.5 Å². The molecule has 6 rings (SSSR count). The average molecular weight is 469 g/mol. The summed E-state index contributed by atoms with van der Waals surface area (Å²) in [4.78, 5) is 16.4. The molecule has 2 aromatic rings. The van der Waals surface area contributed by atoms with Gasteiger partial charge in [0, 0.05) is 0 Å². The number of fused-ring (bicyclic) bond motifs is 2. The predicted molar refractivity (Wildman–Crippen MR) is 115 cm³/mol. The summed E-state index contributed by atoms with van der Waals surface area (Å²) >= 11 is 0. The molecule has 4 fully saturated rings. The third-order valence-electron chi connectivity index (χ3n) is 7.62. The fourth-order valence-corrected chi connectivity index (χ4v) is 5.80. The van der Waals surface area contributed by atoms with E-state index < -0.39 is 35.9 Å². The lowest BCUT2D eigenvalue weighted by molar-refractivity contribution is -0.206. The molecule has 2 aliphatic carbocycles. The molecule has 11 nitrogen and oxygen atoms in total. The summed E-state index contributed by atoms with van der Waals surface area (Å²) in [7, 11) is 0. The second kappa shape index (κ2) is 7.28. The molecule has 34 heavy (non-hydrogen) atoms. The molecule has 2 saturated heterocycles. The zero-order valence-electron chi connectivity index (χ0n) is 19.1. The van der Waals surface area contributed by atoms with Gasteiger partial charge < -0.3 is 29.4 Å². The SMILES string of the molecule is CC1(C)O[C@H]2[C@H](c3ccc4c(N)ncnn34)O[C@](C#N)(COC(=O)OC3CC4(CCC4)C3)[C@H]2O1. The molecule has 2 saturated carbocycles. The molecule has 0 bridgehead atoms. The Hall–Kier alpha value is -2.94. The number of anilines is 1. The van der Waals surface area contributed by atoms with Crippen molar-refractivity contribution in [2.45, 2.75) is 81.8 Å². The summed E-state index contributed by atoms with van der Waals surface area (Å²) in [5.41, 5.74) is 6.00. The van der Waals surface area contributed by atoms with Gasteiger partial charge >= 0.3 is 6.16 Å². The summed E-state index contributed by atoms with van der Waals surface area (Å²) in [5, 5.41) is 14.4. The van der Waals surface area contributed by atoms with E-state index in [0.29, 0.717) is 22.4 Å². The van der Waals surface area contributed by atoms with Crippen LogP contribution in [0.5, 0.6) is 0 Å². The van der Waals surface area contributed by atoms with Gasteiger partial charge in [0.25, 0.3) is 0 Å². The van der Waals surface area contributed by atoms with Gasteiger partial charge in [0.15, 0.2) is 11.6 Å². The highest BCUT2D eigenvalue weighted by Crippen LogP contribution is 2.57. The molecule has 11 heteroatoms. The first kappa shape index (κ1) is 21.6. The third-order valence-corrected chi connectivity index (χ3v) is 7.62. The second-order valence-corrected chi connectivity index (χ2v) is 10.3. The molecule has 4 atom stereocenters. The minimum atomic E-state index is -1.58. The number of aromatic nitrogens is 3. The lowest BCUT2D eigenvalue weighted by Gasteiger charge is -2.53. The molecule has 4 heterocycles. The zero-order valence-corrected chi connectivity index (χ0v) is 19.1. The van der Waals surface area contributed by atoms with Crippen molar-refractivity contribution in [3.8, 4) is 6.07 Å². The van der Waals surface area contributed by atoms with Crippen LogP contribution in [0.1, 0.15) is 57.7 Å². The zero-order chi connectivity index (χ0) is 23.7. The maximum Gasteiger partial charge on any atom is 0.508 e. The van der Waals surface area contributed by atoms with E-state index >= 15 is 0 Å². The number of nitrogens with zero attached hydrogens (tertiary/aromatic N) is 4. The Morgan fingerprint density at radius 1 is 1.29 bits per heavy atom. The minimum absolute atomic E-state index is 0.127. The third kappa shape index (κ3) is 3.24. The van der Waals surface area contributed by atoms with E-state index in [1.54, 1.807) is 30.5 Å². The van der Waals surface area contributed by atoms with Gasteiger partial charge in [0.2, 0.25) is 5.60 Å². The number of hydrogen-bond donors (Lipinski definition) is 1. The van der Waals surface area contributed by atoms with Crippen molar-refractivity contribution >= 4 is 17.5 Å². The Kier molecular flexibility index (Phi) is 4.62. The van der Waals surface area contributed by atoms with Gasteiger partial charge in [-0.15, -0.1) is 0 Å². The topological polar surface area (TPSA) is 143 Å².